The van der Waals surface area contributed by atoms with Gasteiger partial charge in [0.15, 0.2) is 11.5 Å². The summed E-state index contributed by atoms with van der Waals surface area (Å²) in [5.74, 6) is 2.72. The van der Waals surface area contributed by atoms with Gasteiger partial charge >= 0.3 is 0 Å². The molecule has 0 radical (unpaired) electrons. The standard InChI is InChI=1S/C46H61N5O7/c1-53-44-34-42-43(48-37-38(36-47)46(42)49-39-16-18-41(19-17-39)58-40-14-7-6-8-15-40)35-45(44)57-29-13-21-51-24-22-50(23-25-51)20-9-2-4-11-27-54-30-32-56-33-31-55-28-12-5-3-10-26-52/h6-8,14-19,26,34-35,37H,2-5,9-13,20-25,27-33H2,1H3,(H,48,49). The summed E-state index contributed by atoms with van der Waals surface area (Å²) in [6.07, 6.45) is 11.8. The zero-order valence-corrected chi connectivity index (χ0v) is 34.2. The molecule has 1 N–H and O–H groups in total. The van der Waals surface area contributed by atoms with E-state index in [-0.39, 0.29) is 0 Å². The molecule has 1 aromatic heterocycles. The number of piperazine rings is 1. The van der Waals surface area contributed by atoms with Crippen molar-refractivity contribution in [2.24, 2.45) is 0 Å². The first-order valence-corrected chi connectivity index (χ1v) is 20.9. The van der Waals surface area contributed by atoms with Gasteiger partial charge in [-0.2, -0.15) is 5.26 Å². The average Bonchev–Trinajstić information content (AvgIpc) is 3.26. The number of ether oxygens (including phenoxy) is 6. The second-order valence-electron chi connectivity index (χ2n) is 14.4. The van der Waals surface area contributed by atoms with Crippen LogP contribution in [0, 0.1) is 11.3 Å². The first-order chi connectivity index (χ1) is 28.7. The van der Waals surface area contributed by atoms with E-state index in [4.69, 9.17) is 28.4 Å². The third-order valence-electron chi connectivity index (χ3n) is 10.1. The van der Waals surface area contributed by atoms with E-state index in [1.807, 2.05) is 66.7 Å². The van der Waals surface area contributed by atoms with E-state index in [1.165, 1.54) is 19.3 Å². The lowest BCUT2D eigenvalue weighted by Gasteiger charge is -2.34. The lowest BCUT2D eigenvalue weighted by atomic mass is 10.1. The summed E-state index contributed by atoms with van der Waals surface area (Å²) in [7, 11) is 1.63. The molecule has 58 heavy (non-hydrogen) atoms. The van der Waals surface area contributed by atoms with E-state index in [2.05, 4.69) is 26.2 Å². The van der Waals surface area contributed by atoms with Crippen molar-refractivity contribution < 1.29 is 33.2 Å². The van der Waals surface area contributed by atoms with Gasteiger partial charge in [-0.3, -0.25) is 4.98 Å². The Balaban J connectivity index is 0.926. The number of aldehydes is 1. The first kappa shape index (κ1) is 44.3. The number of unbranched alkanes of at least 4 members (excludes halogenated alkanes) is 6. The third kappa shape index (κ3) is 15.5. The van der Waals surface area contributed by atoms with Gasteiger partial charge < -0.3 is 48.3 Å². The smallest absolute Gasteiger partial charge is 0.163 e. The van der Waals surface area contributed by atoms with Crippen LogP contribution < -0.4 is 19.5 Å². The third-order valence-corrected chi connectivity index (χ3v) is 10.1. The molecule has 12 nitrogen and oxygen atoms in total. The van der Waals surface area contributed by atoms with Crippen LogP contribution >= 0.6 is 0 Å². The molecule has 0 spiro atoms. The number of fused-ring (bicyclic) bond motifs is 1. The molecule has 4 aromatic rings. The molecular weight excluding hydrogens is 735 g/mol. The van der Waals surface area contributed by atoms with Crippen molar-refractivity contribution in [1.29, 1.82) is 5.26 Å². The summed E-state index contributed by atoms with van der Waals surface area (Å²) in [5, 5.41) is 14.1. The largest absolute Gasteiger partial charge is 0.493 e. The number of nitrogens with zero attached hydrogens (tertiary/aromatic N) is 4. The maximum atomic E-state index is 10.3. The molecule has 0 saturated carbocycles. The van der Waals surface area contributed by atoms with Crippen LogP contribution in [0.15, 0.2) is 72.9 Å². The van der Waals surface area contributed by atoms with Crippen LogP contribution in [0.25, 0.3) is 10.9 Å². The van der Waals surface area contributed by atoms with E-state index in [0.717, 1.165) is 113 Å². The summed E-state index contributed by atoms with van der Waals surface area (Å²) in [5.41, 5.74) is 2.61. The monoisotopic (exact) mass is 795 g/mol. The topological polar surface area (TPSA) is 128 Å². The summed E-state index contributed by atoms with van der Waals surface area (Å²) < 4.78 is 34.8. The van der Waals surface area contributed by atoms with Crippen molar-refractivity contribution in [1.82, 2.24) is 14.8 Å². The molecule has 5 rings (SSSR count). The number of aromatic nitrogens is 1. The van der Waals surface area contributed by atoms with Gasteiger partial charge in [0.05, 0.1) is 56.9 Å². The molecule has 2 heterocycles. The van der Waals surface area contributed by atoms with Crippen LogP contribution in [-0.4, -0.2) is 114 Å². The Morgan fingerprint density at radius 2 is 1.33 bits per heavy atom. The minimum atomic E-state index is 0.432. The second kappa shape index (κ2) is 26.3. The molecule has 0 amide bonds. The number of nitrogens with one attached hydrogen (secondary N) is 1. The van der Waals surface area contributed by atoms with E-state index in [9.17, 15) is 10.1 Å². The van der Waals surface area contributed by atoms with E-state index < -0.39 is 0 Å². The van der Waals surface area contributed by atoms with Crippen molar-refractivity contribution in [2.75, 3.05) is 97.9 Å². The molecule has 1 aliphatic heterocycles. The number of anilines is 2. The maximum absolute atomic E-state index is 10.3. The zero-order chi connectivity index (χ0) is 40.5. The molecule has 1 aliphatic rings. The fourth-order valence-corrected chi connectivity index (χ4v) is 6.82. The predicted molar refractivity (Wildman–Crippen MR) is 228 cm³/mol. The number of nitriles is 1. The highest BCUT2D eigenvalue weighted by molar-refractivity contribution is 5.97. The first-order valence-electron chi connectivity index (χ1n) is 20.9. The van der Waals surface area contributed by atoms with Crippen LogP contribution in [0.4, 0.5) is 11.4 Å². The van der Waals surface area contributed by atoms with Gasteiger partial charge in [-0.15, -0.1) is 0 Å². The van der Waals surface area contributed by atoms with E-state index in [0.29, 0.717) is 67.7 Å². The van der Waals surface area contributed by atoms with Crippen LogP contribution in [0.5, 0.6) is 23.0 Å². The Kier molecular flexibility index (Phi) is 20.1. The van der Waals surface area contributed by atoms with Gasteiger partial charge in [-0.25, -0.2) is 0 Å². The number of para-hydroxylation sites is 1. The fourth-order valence-electron chi connectivity index (χ4n) is 6.82. The summed E-state index contributed by atoms with van der Waals surface area (Å²) in [6.45, 7) is 11.0. The lowest BCUT2D eigenvalue weighted by Crippen LogP contribution is -2.46. The van der Waals surface area contributed by atoms with Crippen LogP contribution in [0.1, 0.15) is 63.4 Å². The fraction of sp³-hybridized carbons (Fsp3) is 0.500. The number of carbonyl (C=O) groups excluding carboxylic acids is 1. The lowest BCUT2D eigenvalue weighted by molar-refractivity contribution is -0.107. The molecule has 12 heteroatoms. The quantitative estimate of drug-likeness (QED) is 0.0419. The van der Waals surface area contributed by atoms with Crippen LogP contribution in [0.2, 0.25) is 0 Å². The van der Waals surface area contributed by atoms with Gasteiger partial charge in [0.25, 0.3) is 0 Å². The normalized spacial score (nSPS) is 13.3. The van der Waals surface area contributed by atoms with Gasteiger partial charge in [0, 0.05) is 75.7 Å². The molecule has 312 valence electrons. The number of carbonyl (C=O) groups is 1. The average molecular weight is 796 g/mol. The van der Waals surface area contributed by atoms with Crippen molar-refractivity contribution in [3.63, 3.8) is 0 Å². The van der Waals surface area contributed by atoms with Crippen molar-refractivity contribution in [3.05, 3.63) is 78.5 Å². The number of rotatable bonds is 29. The van der Waals surface area contributed by atoms with Crippen molar-refractivity contribution in [3.8, 4) is 29.1 Å². The summed E-state index contributed by atoms with van der Waals surface area (Å²) in [4.78, 5) is 20.0. The molecule has 1 fully saturated rings. The Labute approximate surface area is 344 Å². The highest BCUT2D eigenvalue weighted by Crippen LogP contribution is 2.37. The molecule has 0 aliphatic carbocycles. The Hall–Kier alpha value is -4.77. The van der Waals surface area contributed by atoms with Crippen molar-refractivity contribution in [2.45, 2.75) is 57.8 Å². The summed E-state index contributed by atoms with van der Waals surface area (Å²) >= 11 is 0. The number of pyridine rings is 1. The Bertz CT molecular complexity index is 1800. The minimum Gasteiger partial charge on any atom is -0.493 e. The molecular formula is C46H61N5O7. The molecule has 0 bridgehead atoms. The Morgan fingerprint density at radius 3 is 1.98 bits per heavy atom. The summed E-state index contributed by atoms with van der Waals surface area (Å²) in [6, 6.07) is 23.3. The maximum Gasteiger partial charge on any atom is 0.163 e. The minimum absolute atomic E-state index is 0.432. The number of hydrogen-bond acceptors (Lipinski definition) is 12. The van der Waals surface area contributed by atoms with Gasteiger partial charge in [-0.1, -0.05) is 37.5 Å². The number of hydrogen-bond donors (Lipinski definition) is 1. The van der Waals surface area contributed by atoms with Crippen LogP contribution in [0.3, 0.4) is 0 Å². The highest BCUT2D eigenvalue weighted by Gasteiger charge is 2.18. The SMILES string of the molecule is COc1cc2c(Nc3ccc(Oc4ccccc4)cc3)c(C#N)cnc2cc1OCCCN1CCN(CCCCCCOCCOCCOCCCCCC=O)CC1. The molecule has 1 saturated heterocycles. The number of methoxy groups -OCH3 is 1. The second-order valence-corrected chi connectivity index (χ2v) is 14.4. The molecule has 3 aromatic carbocycles. The van der Waals surface area contributed by atoms with Crippen LogP contribution in [-0.2, 0) is 19.0 Å². The van der Waals surface area contributed by atoms with Gasteiger partial charge in [0.2, 0.25) is 0 Å². The van der Waals surface area contributed by atoms with Gasteiger partial charge in [0.1, 0.15) is 23.9 Å². The zero-order valence-electron chi connectivity index (χ0n) is 34.2. The molecule has 0 unspecified atom stereocenters. The predicted octanol–water partition coefficient (Wildman–Crippen LogP) is 8.41. The Morgan fingerprint density at radius 1 is 0.707 bits per heavy atom. The molecule has 0 atom stereocenters. The highest BCUT2D eigenvalue weighted by atomic mass is 16.5. The van der Waals surface area contributed by atoms with E-state index in [1.54, 1.807) is 13.3 Å². The van der Waals surface area contributed by atoms with E-state index >= 15 is 0 Å². The number of benzene rings is 3. The van der Waals surface area contributed by atoms with Gasteiger partial charge in [-0.05, 0) is 81.1 Å². The van der Waals surface area contributed by atoms with Crippen molar-refractivity contribution >= 4 is 28.6 Å².